The summed E-state index contributed by atoms with van der Waals surface area (Å²) in [6.07, 6.45) is 2.48. The molecule has 6 heteroatoms. The van der Waals surface area contributed by atoms with E-state index in [-0.39, 0.29) is 5.97 Å². The van der Waals surface area contributed by atoms with E-state index in [1.807, 2.05) is 31.4 Å². The van der Waals surface area contributed by atoms with Crippen LogP contribution in [-0.2, 0) is 11.3 Å². The van der Waals surface area contributed by atoms with E-state index in [0.29, 0.717) is 18.7 Å². The molecule has 0 fully saturated rings. The van der Waals surface area contributed by atoms with Gasteiger partial charge in [-0.25, -0.2) is 14.5 Å². The maximum atomic E-state index is 12.4. The van der Waals surface area contributed by atoms with Crippen LogP contribution in [0.5, 0.6) is 0 Å². The zero-order valence-corrected chi connectivity index (χ0v) is 13.4. The van der Waals surface area contributed by atoms with Crippen molar-refractivity contribution in [3.05, 3.63) is 35.3 Å². The highest BCUT2D eigenvalue weighted by molar-refractivity contribution is 7.13. The van der Waals surface area contributed by atoms with E-state index in [4.69, 9.17) is 4.74 Å². The number of carbonyl (C=O) groups excluding carboxylic acids is 1. The van der Waals surface area contributed by atoms with Crippen LogP contribution >= 0.6 is 11.3 Å². The maximum Gasteiger partial charge on any atom is 0.339 e. The zero-order chi connectivity index (χ0) is 15.5. The summed E-state index contributed by atoms with van der Waals surface area (Å²) >= 11 is 1.59. The summed E-state index contributed by atoms with van der Waals surface area (Å²) in [4.78, 5) is 18.1. The first kappa shape index (κ1) is 14.7. The van der Waals surface area contributed by atoms with Gasteiger partial charge in [-0.15, -0.1) is 11.3 Å². The van der Waals surface area contributed by atoms with Crippen molar-refractivity contribution < 1.29 is 9.53 Å². The fraction of sp³-hybridized carbons (Fsp3) is 0.312. The van der Waals surface area contributed by atoms with Crippen molar-refractivity contribution in [3.8, 4) is 10.6 Å². The second-order valence-corrected chi connectivity index (χ2v) is 5.81. The van der Waals surface area contributed by atoms with E-state index in [2.05, 4.69) is 10.1 Å². The quantitative estimate of drug-likeness (QED) is 0.673. The molecule has 3 aromatic rings. The van der Waals surface area contributed by atoms with Gasteiger partial charge < -0.3 is 4.74 Å². The Morgan fingerprint density at radius 1 is 1.41 bits per heavy atom. The first-order valence-electron chi connectivity index (χ1n) is 7.32. The van der Waals surface area contributed by atoms with Crippen LogP contribution in [0.3, 0.4) is 0 Å². The molecule has 0 saturated carbocycles. The Labute approximate surface area is 132 Å². The van der Waals surface area contributed by atoms with Crippen LogP contribution in [0.4, 0.5) is 0 Å². The van der Waals surface area contributed by atoms with Crippen molar-refractivity contribution >= 4 is 28.3 Å². The van der Waals surface area contributed by atoms with Gasteiger partial charge in [-0.2, -0.15) is 5.10 Å². The lowest BCUT2D eigenvalue weighted by molar-refractivity contribution is 0.0507. The number of thiophene rings is 1. The van der Waals surface area contributed by atoms with Crippen LogP contribution in [0.25, 0.3) is 21.6 Å². The Hall–Kier alpha value is -2.21. The summed E-state index contributed by atoms with van der Waals surface area (Å²) in [7, 11) is 0. The Bertz CT molecular complexity index is 793. The lowest BCUT2D eigenvalue weighted by Crippen LogP contribution is -2.08. The molecule has 22 heavy (non-hydrogen) atoms. The second-order valence-electron chi connectivity index (χ2n) is 4.87. The van der Waals surface area contributed by atoms with Crippen molar-refractivity contribution in [2.75, 3.05) is 6.61 Å². The molecule has 5 nitrogen and oxygen atoms in total. The third-order valence-electron chi connectivity index (χ3n) is 3.34. The number of carbonyl (C=O) groups is 1. The van der Waals surface area contributed by atoms with Gasteiger partial charge in [0.05, 0.1) is 34.3 Å². The number of hydrogen-bond acceptors (Lipinski definition) is 5. The summed E-state index contributed by atoms with van der Waals surface area (Å²) in [5.74, 6) is -0.317. The van der Waals surface area contributed by atoms with Crippen LogP contribution in [0, 0.1) is 0 Å². The fourth-order valence-electron chi connectivity index (χ4n) is 2.27. The van der Waals surface area contributed by atoms with Gasteiger partial charge in [-0.3, -0.25) is 0 Å². The number of nitrogens with zero attached hydrogens (tertiary/aromatic N) is 3. The number of hydrogen-bond donors (Lipinski definition) is 0. The Morgan fingerprint density at radius 2 is 2.27 bits per heavy atom. The predicted molar refractivity (Wildman–Crippen MR) is 87.1 cm³/mol. The number of rotatable bonds is 5. The van der Waals surface area contributed by atoms with Gasteiger partial charge in [0.1, 0.15) is 0 Å². The van der Waals surface area contributed by atoms with E-state index >= 15 is 0 Å². The van der Waals surface area contributed by atoms with E-state index in [1.54, 1.807) is 28.3 Å². The number of aryl methyl sites for hydroxylation is 1. The lowest BCUT2D eigenvalue weighted by Gasteiger charge is -2.07. The van der Waals surface area contributed by atoms with Crippen LogP contribution in [0.1, 0.15) is 30.6 Å². The van der Waals surface area contributed by atoms with Gasteiger partial charge in [-0.05, 0) is 30.9 Å². The predicted octanol–water partition coefficient (Wildman–Crippen LogP) is 3.75. The summed E-state index contributed by atoms with van der Waals surface area (Å²) < 4.78 is 7.09. The highest BCUT2D eigenvalue weighted by atomic mass is 32.1. The van der Waals surface area contributed by atoms with Crippen LogP contribution < -0.4 is 0 Å². The van der Waals surface area contributed by atoms with Gasteiger partial charge in [0.15, 0.2) is 5.65 Å². The first-order valence-corrected chi connectivity index (χ1v) is 8.20. The van der Waals surface area contributed by atoms with E-state index < -0.39 is 0 Å². The molecule has 3 heterocycles. The molecule has 0 bridgehead atoms. The minimum atomic E-state index is -0.317. The minimum Gasteiger partial charge on any atom is -0.462 e. The summed E-state index contributed by atoms with van der Waals surface area (Å²) in [5.41, 5.74) is 2.03. The van der Waals surface area contributed by atoms with Gasteiger partial charge in [0, 0.05) is 6.54 Å². The van der Waals surface area contributed by atoms with E-state index in [9.17, 15) is 4.79 Å². The molecule has 0 saturated heterocycles. The Balaban J connectivity index is 2.16. The summed E-state index contributed by atoms with van der Waals surface area (Å²) in [5, 5.41) is 7.04. The standard InChI is InChI=1S/C16H17N3O2S/c1-3-7-21-16(20)11-9-13(14-6-5-8-22-14)18-15-12(11)10-17-19(15)4-2/h5-6,8-10H,3-4,7H2,1-2H3. The molecule has 0 amide bonds. The number of ether oxygens (including phenoxy) is 1. The van der Waals surface area contributed by atoms with Crippen LogP contribution in [-0.4, -0.2) is 27.3 Å². The van der Waals surface area contributed by atoms with E-state index in [0.717, 1.165) is 28.0 Å². The number of esters is 1. The number of aromatic nitrogens is 3. The van der Waals surface area contributed by atoms with Crippen molar-refractivity contribution in [1.29, 1.82) is 0 Å². The molecule has 0 aliphatic carbocycles. The Morgan fingerprint density at radius 3 is 2.95 bits per heavy atom. The van der Waals surface area contributed by atoms with E-state index in [1.165, 1.54) is 0 Å². The number of pyridine rings is 1. The molecule has 0 aromatic carbocycles. The lowest BCUT2D eigenvalue weighted by atomic mass is 10.1. The Kier molecular flexibility index (Phi) is 4.20. The molecule has 0 unspecified atom stereocenters. The molecular weight excluding hydrogens is 298 g/mol. The molecular formula is C16H17N3O2S. The van der Waals surface area contributed by atoms with Crippen molar-refractivity contribution in [2.45, 2.75) is 26.8 Å². The average molecular weight is 315 g/mol. The molecule has 3 aromatic heterocycles. The topological polar surface area (TPSA) is 57.0 Å². The smallest absolute Gasteiger partial charge is 0.339 e. The molecule has 0 aliphatic rings. The minimum absolute atomic E-state index is 0.317. The molecule has 0 spiro atoms. The molecule has 0 radical (unpaired) electrons. The van der Waals surface area contributed by atoms with Crippen LogP contribution in [0.15, 0.2) is 29.8 Å². The number of fused-ring (bicyclic) bond motifs is 1. The monoisotopic (exact) mass is 315 g/mol. The third-order valence-corrected chi connectivity index (χ3v) is 4.23. The first-order chi connectivity index (χ1) is 10.7. The molecule has 0 N–H and O–H groups in total. The van der Waals surface area contributed by atoms with Crippen molar-refractivity contribution in [1.82, 2.24) is 14.8 Å². The second kappa shape index (κ2) is 6.27. The van der Waals surface area contributed by atoms with Crippen molar-refractivity contribution in [3.63, 3.8) is 0 Å². The SMILES string of the molecule is CCCOC(=O)c1cc(-c2cccs2)nc2c1cnn2CC. The van der Waals surface area contributed by atoms with Gasteiger partial charge in [0.25, 0.3) is 0 Å². The molecule has 3 rings (SSSR count). The fourth-order valence-corrected chi connectivity index (χ4v) is 2.96. The summed E-state index contributed by atoms with van der Waals surface area (Å²) in [6, 6.07) is 5.76. The highest BCUT2D eigenvalue weighted by Crippen LogP contribution is 2.28. The summed E-state index contributed by atoms with van der Waals surface area (Å²) in [6.45, 7) is 5.09. The van der Waals surface area contributed by atoms with Crippen molar-refractivity contribution in [2.24, 2.45) is 0 Å². The highest BCUT2D eigenvalue weighted by Gasteiger charge is 2.18. The largest absolute Gasteiger partial charge is 0.462 e. The van der Waals surface area contributed by atoms with Gasteiger partial charge >= 0.3 is 5.97 Å². The maximum absolute atomic E-state index is 12.4. The normalized spacial score (nSPS) is 11.0. The average Bonchev–Trinajstić information content (AvgIpc) is 3.20. The third kappa shape index (κ3) is 2.62. The zero-order valence-electron chi connectivity index (χ0n) is 12.6. The molecule has 114 valence electrons. The van der Waals surface area contributed by atoms with Gasteiger partial charge in [-0.1, -0.05) is 13.0 Å². The molecule has 0 aliphatic heterocycles. The van der Waals surface area contributed by atoms with Gasteiger partial charge in [0.2, 0.25) is 0 Å². The van der Waals surface area contributed by atoms with Crippen LogP contribution in [0.2, 0.25) is 0 Å². The molecule has 0 atom stereocenters.